The summed E-state index contributed by atoms with van der Waals surface area (Å²) in [6.07, 6.45) is 6.99. The molecule has 2 N–H and O–H groups in total. The fourth-order valence-electron chi connectivity index (χ4n) is 2.52. The lowest BCUT2D eigenvalue weighted by atomic mass is 10.1. The first-order valence-corrected chi connectivity index (χ1v) is 7.79. The highest BCUT2D eigenvalue weighted by molar-refractivity contribution is 5.74. The van der Waals surface area contributed by atoms with Gasteiger partial charge in [0, 0.05) is 50.0 Å². The second-order valence-corrected chi connectivity index (χ2v) is 5.50. The molecule has 23 heavy (non-hydrogen) atoms. The predicted molar refractivity (Wildman–Crippen MR) is 86.7 cm³/mol. The molecule has 0 atom stereocenters. The molecular formula is C17H20N4O2. The van der Waals surface area contributed by atoms with Gasteiger partial charge in [-0.25, -0.2) is 4.79 Å². The van der Waals surface area contributed by atoms with E-state index >= 15 is 0 Å². The lowest BCUT2D eigenvalue weighted by Gasteiger charge is -2.23. The van der Waals surface area contributed by atoms with Gasteiger partial charge < -0.3 is 15.4 Å². The van der Waals surface area contributed by atoms with E-state index in [2.05, 4.69) is 20.6 Å². The highest BCUT2D eigenvalue weighted by atomic mass is 16.5. The minimum atomic E-state index is -0.142. The summed E-state index contributed by atoms with van der Waals surface area (Å²) in [6, 6.07) is 7.76. The Balaban J connectivity index is 1.55. The van der Waals surface area contributed by atoms with Gasteiger partial charge in [-0.05, 0) is 42.7 Å². The van der Waals surface area contributed by atoms with E-state index in [9.17, 15) is 4.79 Å². The van der Waals surface area contributed by atoms with Crippen LogP contribution in [0.25, 0.3) is 11.3 Å². The molecule has 2 amide bonds. The highest BCUT2D eigenvalue weighted by Crippen LogP contribution is 2.16. The molecule has 1 aliphatic heterocycles. The summed E-state index contributed by atoms with van der Waals surface area (Å²) < 4.78 is 5.28. The smallest absolute Gasteiger partial charge is 0.315 e. The van der Waals surface area contributed by atoms with Crippen molar-refractivity contribution in [1.82, 2.24) is 20.6 Å². The maximum atomic E-state index is 12.0. The average Bonchev–Trinajstić information content (AvgIpc) is 2.62. The molecule has 1 aliphatic rings. The van der Waals surface area contributed by atoms with Gasteiger partial charge in [0.25, 0.3) is 0 Å². The van der Waals surface area contributed by atoms with E-state index < -0.39 is 0 Å². The van der Waals surface area contributed by atoms with E-state index in [0.29, 0.717) is 19.8 Å². The quantitative estimate of drug-likeness (QED) is 0.906. The number of amides is 2. The number of nitrogens with zero attached hydrogens (tertiary/aromatic N) is 2. The van der Waals surface area contributed by atoms with Crippen LogP contribution in [-0.2, 0) is 11.3 Å². The van der Waals surface area contributed by atoms with Crippen molar-refractivity contribution < 1.29 is 9.53 Å². The molecule has 0 saturated carbocycles. The lowest BCUT2D eigenvalue weighted by molar-refractivity contribution is 0.0801. The van der Waals surface area contributed by atoms with Crippen LogP contribution in [0.1, 0.15) is 18.4 Å². The largest absolute Gasteiger partial charge is 0.381 e. The minimum Gasteiger partial charge on any atom is -0.381 e. The topological polar surface area (TPSA) is 76.1 Å². The number of pyridine rings is 2. The first kappa shape index (κ1) is 15.4. The summed E-state index contributed by atoms with van der Waals surface area (Å²) in [5.74, 6) is 0. The van der Waals surface area contributed by atoms with Gasteiger partial charge in [-0.15, -0.1) is 0 Å². The van der Waals surface area contributed by atoms with Crippen molar-refractivity contribution >= 4 is 6.03 Å². The van der Waals surface area contributed by atoms with Crippen molar-refractivity contribution in [3.05, 3.63) is 48.4 Å². The molecule has 2 aromatic heterocycles. The number of hydrogen-bond acceptors (Lipinski definition) is 4. The summed E-state index contributed by atoms with van der Waals surface area (Å²) in [5.41, 5.74) is 2.81. The van der Waals surface area contributed by atoms with Gasteiger partial charge in [-0.3, -0.25) is 9.97 Å². The Morgan fingerprint density at radius 2 is 2.13 bits per heavy atom. The van der Waals surface area contributed by atoms with E-state index in [1.165, 1.54) is 0 Å². The third kappa shape index (κ3) is 4.50. The van der Waals surface area contributed by atoms with Gasteiger partial charge >= 0.3 is 6.03 Å². The van der Waals surface area contributed by atoms with Crippen LogP contribution in [0.4, 0.5) is 4.79 Å². The Hall–Kier alpha value is -2.47. The first-order chi connectivity index (χ1) is 11.3. The van der Waals surface area contributed by atoms with Crippen molar-refractivity contribution in [2.45, 2.75) is 25.4 Å². The number of hydrogen-bond donors (Lipinski definition) is 2. The monoisotopic (exact) mass is 312 g/mol. The van der Waals surface area contributed by atoms with Gasteiger partial charge in [-0.2, -0.15) is 0 Å². The zero-order valence-corrected chi connectivity index (χ0v) is 12.9. The van der Waals surface area contributed by atoms with Gasteiger partial charge in [0.1, 0.15) is 0 Å². The number of aromatic nitrogens is 2. The van der Waals surface area contributed by atoms with Crippen LogP contribution in [0, 0.1) is 0 Å². The van der Waals surface area contributed by atoms with E-state index in [1.807, 2.05) is 24.3 Å². The third-order valence-electron chi connectivity index (χ3n) is 3.79. The van der Waals surface area contributed by atoms with Crippen LogP contribution < -0.4 is 10.6 Å². The average molecular weight is 312 g/mol. The van der Waals surface area contributed by atoms with E-state index in [-0.39, 0.29) is 12.1 Å². The Labute approximate surface area is 135 Å². The Bertz CT molecular complexity index is 642. The van der Waals surface area contributed by atoms with Crippen molar-refractivity contribution in [3.63, 3.8) is 0 Å². The number of urea groups is 1. The fourth-order valence-corrected chi connectivity index (χ4v) is 2.52. The maximum Gasteiger partial charge on any atom is 0.315 e. The minimum absolute atomic E-state index is 0.142. The molecule has 0 spiro atoms. The van der Waals surface area contributed by atoms with Crippen LogP contribution >= 0.6 is 0 Å². The Morgan fingerprint density at radius 1 is 1.26 bits per heavy atom. The molecule has 6 nitrogen and oxygen atoms in total. The van der Waals surface area contributed by atoms with Crippen LogP contribution in [0.5, 0.6) is 0 Å². The number of nitrogens with one attached hydrogen (secondary N) is 2. The third-order valence-corrected chi connectivity index (χ3v) is 3.79. The summed E-state index contributed by atoms with van der Waals surface area (Å²) >= 11 is 0. The standard InChI is InChI=1S/C17H20N4O2/c22-17(21-15-4-8-23-9-5-15)20-11-13-3-7-19-16(10-13)14-2-1-6-18-12-14/h1-3,6-7,10,12,15H,4-5,8-9,11H2,(H2,20,21,22). The van der Waals surface area contributed by atoms with Crippen molar-refractivity contribution in [3.8, 4) is 11.3 Å². The summed E-state index contributed by atoms with van der Waals surface area (Å²) in [7, 11) is 0. The van der Waals surface area contributed by atoms with Crippen LogP contribution in [0.3, 0.4) is 0 Å². The number of rotatable bonds is 4. The van der Waals surface area contributed by atoms with Crippen molar-refractivity contribution in [2.24, 2.45) is 0 Å². The summed E-state index contributed by atoms with van der Waals surface area (Å²) in [4.78, 5) is 20.4. The molecule has 6 heteroatoms. The summed E-state index contributed by atoms with van der Waals surface area (Å²) in [5, 5.41) is 5.87. The molecule has 0 radical (unpaired) electrons. The van der Waals surface area contributed by atoms with E-state index in [0.717, 1.165) is 29.7 Å². The molecular weight excluding hydrogens is 292 g/mol. The van der Waals surface area contributed by atoms with E-state index in [4.69, 9.17) is 4.74 Å². The highest BCUT2D eigenvalue weighted by Gasteiger charge is 2.15. The number of ether oxygens (including phenoxy) is 1. The van der Waals surface area contributed by atoms with Gasteiger partial charge in [-0.1, -0.05) is 0 Å². The Morgan fingerprint density at radius 3 is 2.91 bits per heavy atom. The van der Waals surface area contributed by atoms with E-state index in [1.54, 1.807) is 18.6 Å². The first-order valence-electron chi connectivity index (χ1n) is 7.79. The second kappa shape index (κ2) is 7.69. The predicted octanol–water partition coefficient (Wildman–Crippen LogP) is 2.12. The van der Waals surface area contributed by atoms with Gasteiger partial charge in [0.2, 0.25) is 0 Å². The molecule has 120 valence electrons. The van der Waals surface area contributed by atoms with Crippen LogP contribution in [0.2, 0.25) is 0 Å². The normalized spacial score (nSPS) is 15.1. The SMILES string of the molecule is O=C(NCc1ccnc(-c2cccnc2)c1)NC1CCOCC1. The molecule has 0 unspecified atom stereocenters. The molecule has 0 aromatic carbocycles. The molecule has 0 bridgehead atoms. The molecule has 1 fully saturated rings. The second-order valence-electron chi connectivity index (χ2n) is 5.50. The zero-order valence-electron chi connectivity index (χ0n) is 12.9. The zero-order chi connectivity index (χ0) is 15.9. The van der Waals surface area contributed by atoms with Gasteiger partial charge in [0.05, 0.1) is 5.69 Å². The van der Waals surface area contributed by atoms with Crippen LogP contribution in [0.15, 0.2) is 42.9 Å². The van der Waals surface area contributed by atoms with Crippen LogP contribution in [-0.4, -0.2) is 35.3 Å². The lowest BCUT2D eigenvalue weighted by Crippen LogP contribution is -2.44. The fraction of sp³-hybridized carbons (Fsp3) is 0.353. The Kier molecular flexibility index (Phi) is 5.16. The summed E-state index contributed by atoms with van der Waals surface area (Å²) in [6.45, 7) is 1.89. The molecule has 1 saturated heterocycles. The number of carbonyl (C=O) groups is 1. The molecule has 2 aromatic rings. The van der Waals surface area contributed by atoms with Crippen molar-refractivity contribution in [1.29, 1.82) is 0 Å². The number of carbonyl (C=O) groups excluding carboxylic acids is 1. The van der Waals surface area contributed by atoms with Gasteiger partial charge in [0.15, 0.2) is 0 Å². The maximum absolute atomic E-state index is 12.0. The molecule has 3 heterocycles. The van der Waals surface area contributed by atoms with Crippen molar-refractivity contribution in [2.75, 3.05) is 13.2 Å². The molecule has 0 aliphatic carbocycles. The molecule has 3 rings (SSSR count).